The quantitative estimate of drug-likeness (QED) is 0.884. The Labute approximate surface area is 125 Å². The SMILES string of the molecule is [2H]c1[nH]c2ccc(C[C@H]3COC(=O)N3)cc2c1CCN(C)C. The monoisotopic (exact) mass is 288 g/mol. The molecule has 5 heteroatoms. The number of likely N-dealkylation sites (N-methyl/N-ethyl adjacent to an activating group) is 1. The lowest BCUT2D eigenvalue weighted by molar-refractivity contribution is 0.177. The molecule has 1 aliphatic heterocycles. The van der Waals surface area contributed by atoms with Gasteiger partial charge in [-0.25, -0.2) is 4.79 Å². The molecule has 1 amide bonds. The summed E-state index contributed by atoms with van der Waals surface area (Å²) in [7, 11) is 4.07. The Kier molecular flexibility index (Phi) is 3.49. The molecule has 1 fully saturated rings. The summed E-state index contributed by atoms with van der Waals surface area (Å²) in [5.74, 6) is 0. The molecule has 1 atom stereocenters. The number of aromatic amines is 1. The van der Waals surface area contributed by atoms with Gasteiger partial charge in [-0.15, -0.1) is 0 Å². The second-order valence-corrected chi connectivity index (χ2v) is 5.81. The van der Waals surface area contributed by atoms with Crippen molar-refractivity contribution >= 4 is 17.0 Å². The van der Waals surface area contributed by atoms with E-state index >= 15 is 0 Å². The lowest BCUT2D eigenvalue weighted by Gasteiger charge is -2.09. The molecule has 2 heterocycles. The van der Waals surface area contributed by atoms with Crippen LogP contribution in [0.1, 0.15) is 12.5 Å². The van der Waals surface area contributed by atoms with Gasteiger partial charge >= 0.3 is 6.09 Å². The van der Waals surface area contributed by atoms with Crippen molar-refractivity contribution in [2.75, 3.05) is 27.2 Å². The molecule has 3 rings (SSSR count). The topological polar surface area (TPSA) is 57.4 Å². The zero-order chi connectivity index (χ0) is 15.7. The van der Waals surface area contributed by atoms with Crippen molar-refractivity contribution in [2.45, 2.75) is 18.9 Å². The maximum Gasteiger partial charge on any atom is 0.407 e. The number of ether oxygens (including phenoxy) is 1. The molecule has 1 aliphatic rings. The van der Waals surface area contributed by atoms with Gasteiger partial charge in [0.15, 0.2) is 0 Å². The van der Waals surface area contributed by atoms with Gasteiger partial charge in [0.2, 0.25) is 0 Å². The molecule has 1 saturated heterocycles. The van der Waals surface area contributed by atoms with Gasteiger partial charge in [-0.3, -0.25) is 0 Å². The van der Waals surface area contributed by atoms with Crippen LogP contribution in [0.5, 0.6) is 0 Å². The van der Waals surface area contributed by atoms with Gasteiger partial charge in [0, 0.05) is 23.6 Å². The second-order valence-electron chi connectivity index (χ2n) is 5.81. The fourth-order valence-electron chi connectivity index (χ4n) is 2.64. The number of benzene rings is 1. The maximum atomic E-state index is 11.1. The van der Waals surface area contributed by atoms with Crippen LogP contribution in [-0.4, -0.2) is 49.3 Å². The minimum absolute atomic E-state index is 0.0320. The molecule has 0 bridgehead atoms. The summed E-state index contributed by atoms with van der Waals surface area (Å²) in [4.78, 5) is 16.3. The molecular formula is C16H21N3O2. The summed E-state index contributed by atoms with van der Waals surface area (Å²) in [6, 6.07) is 6.21. The van der Waals surface area contributed by atoms with Crippen LogP contribution in [0.3, 0.4) is 0 Å². The van der Waals surface area contributed by atoms with Gasteiger partial charge in [-0.1, -0.05) is 6.07 Å². The van der Waals surface area contributed by atoms with Crippen LogP contribution < -0.4 is 5.32 Å². The van der Waals surface area contributed by atoms with Gasteiger partial charge in [0.25, 0.3) is 0 Å². The summed E-state index contributed by atoms with van der Waals surface area (Å²) in [5, 5.41) is 3.90. The predicted molar refractivity (Wildman–Crippen MR) is 82.5 cm³/mol. The number of aromatic nitrogens is 1. The molecule has 2 aromatic rings. The third-order valence-electron chi connectivity index (χ3n) is 3.79. The normalized spacial score (nSPS) is 18.9. The number of hydrogen-bond acceptors (Lipinski definition) is 3. The number of hydrogen-bond donors (Lipinski definition) is 2. The summed E-state index contributed by atoms with van der Waals surface area (Å²) in [6.45, 7) is 1.33. The van der Waals surface area contributed by atoms with Gasteiger partial charge in [-0.2, -0.15) is 0 Å². The summed E-state index contributed by atoms with van der Waals surface area (Å²) < 4.78 is 13.0. The van der Waals surface area contributed by atoms with E-state index in [1.165, 1.54) is 0 Å². The predicted octanol–water partition coefficient (Wildman–Crippen LogP) is 1.92. The fourth-order valence-corrected chi connectivity index (χ4v) is 2.64. The fraction of sp³-hybridized carbons (Fsp3) is 0.438. The first-order valence-corrected chi connectivity index (χ1v) is 7.21. The highest BCUT2D eigenvalue weighted by Crippen LogP contribution is 2.21. The Hall–Kier alpha value is -2.01. The standard InChI is InChI=1S/C16H21N3O2/c1-19(2)6-5-12-9-17-15-4-3-11(8-14(12)15)7-13-10-21-16(20)18-13/h3-4,8-9,13,17H,5-7,10H2,1-2H3,(H,18,20)/t13-/m0/s1/i9D. The molecule has 2 N–H and O–H groups in total. The molecule has 0 spiro atoms. The van der Waals surface area contributed by atoms with Gasteiger partial charge < -0.3 is 19.9 Å². The first kappa shape index (κ1) is 12.7. The summed E-state index contributed by atoms with van der Waals surface area (Å²) >= 11 is 0. The highest BCUT2D eigenvalue weighted by molar-refractivity contribution is 5.84. The number of H-pyrrole nitrogens is 1. The second kappa shape index (κ2) is 5.77. The largest absolute Gasteiger partial charge is 0.447 e. The number of carbonyl (C=O) groups excluding carboxylic acids is 1. The first-order chi connectivity index (χ1) is 10.5. The molecule has 21 heavy (non-hydrogen) atoms. The number of cyclic esters (lactones) is 1. The Morgan fingerprint density at radius 2 is 2.33 bits per heavy atom. The van der Waals surface area contributed by atoms with E-state index in [0.717, 1.165) is 41.4 Å². The Balaban J connectivity index is 1.84. The van der Waals surface area contributed by atoms with Crippen LogP contribution in [0.15, 0.2) is 24.4 Å². The van der Waals surface area contributed by atoms with Gasteiger partial charge in [0.05, 0.1) is 7.41 Å². The minimum Gasteiger partial charge on any atom is -0.447 e. The lowest BCUT2D eigenvalue weighted by atomic mass is 10.0. The number of nitrogens with one attached hydrogen (secondary N) is 2. The van der Waals surface area contributed by atoms with Crippen LogP contribution in [0.25, 0.3) is 10.9 Å². The smallest absolute Gasteiger partial charge is 0.407 e. The molecule has 0 aliphatic carbocycles. The Bertz CT molecular complexity index is 696. The van der Waals surface area contributed by atoms with Crippen molar-refractivity contribution in [3.05, 3.63) is 35.5 Å². The molecule has 112 valence electrons. The van der Waals surface area contributed by atoms with Crippen LogP contribution in [0.2, 0.25) is 0 Å². The van der Waals surface area contributed by atoms with E-state index < -0.39 is 0 Å². The molecule has 1 aromatic carbocycles. The average Bonchev–Trinajstić information content (AvgIpc) is 2.99. The van der Waals surface area contributed by atoms with Crippen molar-refractivity contribution in [3.63, 3.8) is 0 Å². The maximum absolute atomic E-state index is 11.1. The molecular weight excluding hydrogens is 266 g/mol. The number of nitrogens with zero attached hydrogens (tertiary/aromatic N) is 1. The lowest BCUT2D eigenvalue weighted by Crippen LogP contribution is -2.28. The van der Waals surface area contributed by atoms with Gasteiger partial charge in [0.1, 0.15) is 6.61 Å². The minimum atomic E-state index is -0.340. The van der Waals surface area contributed by atoms with E-state index in [2.05, 4.69) is 21.3 Å². The van der Waals surface area contributed by atoms with Crippen molar-refractivity contribution in [3.8, 4) is 0 Å². The summed E-state index contributed by atoms with van der Waals surface area (Å²) in [6.07, 6.45) is 1.74. The van der Waals surface area contributed by atoms with Crippen molar-refractivity contribution in [1.29, 1.82) is 0 Å². The number of alkyl carbamates (subject to hydrolysis) is 1. The van der Waals surface area contributed by atoms with E-state index in [1.54, 1.807) is 0 Å². The highest BCUT2D eigenvalue weighted by atomic mass is 16.6. The Morgan fingerprint density at radius 1 is 1.48 bits per heavy atom. The van der Waals surface area contributed by atoms with Crippen LogP contribution in [0, 0.1) is 0 Å². The van der Waals surface area contributed by atoms with E-state index in [4.69, 9.17) is 6.11 Å². The van der Waals surface area contributed by atoms with Crippen LogP contribution >= 0.6 is 0 Å². The Morgan fingerprint density at radius 3 is 3.05 bits per heavy atom. The van der Waals surface area contributed by atoms with Crippen molar-refractivity contribution in [2.24, 2.45) is 0 Å². The van der Waals surface area contributed by atoms with E-state index in [9.17, 15) is 4.79 Å². The molecule has 0 radical (unpaired) electrons. The van der Waals surface area contributed by atoms with Crippen LogP contribution in [-0.2, 0) is 17.6 Å². The van der Waals surface area contributed by atoms with E-state index in [-0.39, 0.29) is 12.1 Å². The number of fused-ring (bicyclic) bond motifs is 1. The number of amides is 1. The summed E-state index contributed by atoms with van der Waals surface area (Å²) in [5.41, 5.74) is 3.19. The molecule has 0 unspecified atom stereocenters. The van der Waals surface area contributed by atoms with Crippen LogP contribution in [0.4, 0.5) is 4.79 Å². The molecule has 1 aromatic heterocycles. The number of carbonyl (C=O) groups is 1. The average molecular weight is 288 g/mol. The molecule has 0 saturated carbocycles. The zero-order valence-corrected chi connectivity index (χ0v) is 12.4. The zero-order valence-electron chi connectivity index (χ0n) is 13.4. The van der Waals surface area contributed by atoms with Crippen molar-refractivity contribution < 1.29 is 10.9 Å². The third-order valence-corrected chi connectivity index (χ3v) is 3.79. The first-order valence-electron chi connectivity index (χ1n) is 7.71. The molecule has 5 nitrogen and oxygen atoms in total. The van der Waals surface area contributed by atoms with E-state index in [1.807, 2.05) is 26.2 Å². The highest BCUT2D eigenvalue weighted by Gasteiger charge is 2.22. The van der Waals surface area contributed by atoms with Crippen molar-refractivity contribution in [1.82, 2.24) is 15.2 Å². The number of rotatable bonds is 5. The van der Waals surface area contributed by atoms with E-state index in [0.29, 0.717) is 12.8 Å². The van der Waals surface area contributed by atoms with Gasteiger partial charge in [-0.05, 0) is 50.2 Å². The third kappa shape index (κ3) is 3.19.